The highest BCUT2D eigenvalue weighted by molar-refractivity contribution is 7.98. The van der Waals surface area contributed by atoms with Crippen molar-refractivity contribution in [3.05, 3.63) is 29.8 Å². The molecule has 0 saturated carbocycles. The van der Waals surface area contributed by atoms with Gasteiger partial charge in [0.15, 0.2) is 0 Å². The van der Waals surface area contributed by atoms with E-state index in [2.05, 4.69) is 56.6 Å². The van der Waals surface area contributed by atoms with Crippen molar-refractivity contribution in [2.24, 2.45) is 5.41 Å². The molecule has 94 valence electrons. The number of carbonyl (C=O) groups excluding carboxylic acids is 1. The maximum absolute atomic E-state index is 11.6. The summed E-state index contributed by atoms with van der Waals surface area (Å²) < 4.78 is 0. The highest BCUT2D eigenvalue weighted by Gasteiger charge is 2.15. The Hall–Kier alpha value is -0.960. The third kappa shape index (κ3) is 5.78. The van der Waals surface area contributed by atoms with Crippen molar-refractivity contribution >= 4 is 17.7 Å². The second-order valence-corrected chi connectivity index (χ2v) is 6.24. The minimum Gasteiger partial charge on any atom is -0.352 e. The van der Waals surface area contributed by atoms with E-state index in [4.69, 9.17) is 0 Å². The molecule has 0 radical (unpaired) electrons. The standard InChI is InChI=1S/C14H21NOS/c1-14(2,3)9-13(16)15-10-11-5-7-12(17-4)8-6-11/h5-8H,9-10H2,1-4H3,(H,15,16). The fourth-order valence-electron chi connectivity index (χ4n) is 1.49. The molecule has 1 amide bonds. The van der Waals surface area contributed by atoms with Crippen molar-refractivity contribution in [3.63, 3.8) is 0 Å². The van der Waals surface area contributed by atoms with Crippen molar-refractivity contribution in [2.45, 2.75) is 38.6 Å². The average Bonchev–Trinajstić information content (AvgIpc) is 2.25. The molecule has 0 heterocycles. The van der Waals surface area contributed by atoms with Gasteiger partial charge in [-0.05, 0) is 29.4 Å². The molecule has 3 heteroatoms. The molecular weight excluding hydrogens is 230 g/mol. The molecule has 1 rings (SSSR count). The van der Waals surface area contributed by atoms with Crippen LogP contribution >= 0.6 is 11.8 Å². The lowest BCUT2D eigenvalue weighted by atomic mass is 9.92. The summed E-state index contributed by atoms with van der Waals surface area (Å²) in [6.45, 7) is 6.82. The molecule has 1 N–H and O–H groups in total. The number of amides is 1. The minimum absolute atomic E-state index is 0.0484. The van der Waals surface area contributed by atoms with Crippen molar-refractivity contribution < 1.29 is 4.79 Å². The van der Waals surface area contributed by atoms with Crippen LogP contribution in [0.15, 0.2) is 29.2 Å². The van der Waals surface area contributed by atoms with Gasteiger partial charge in [-0.2, -0.15) is 0 Å². The molecule has 0 saturated heterocycles. The molecule has 1 aromatic rings. The van der Waals surface area contributed by atoms with E-state index < -0.39 is 0 Å². The molecule has 0 aliphatic rings. The van der Waals surface area contributed by atoms with Gasteiger partial charge in [-0.1, -0.05) is 32.9 Å². The summed E-state index contributed by atoms with van der Waals surface area (Å²) in [4.78, 5) is 12.9. The van der Waals surface area contributed by atoms with Crippen LogP contribution in [0.5, 0.6) is 0 Å². The van der Waals surface area contributed by atoms with Gasteiger partial charge >= 0.3 is 0 Å². The molecule has 0 fully saturated rings. The highest BCUT2D eigenvalue weighted by Crippen LogP contribution is 2.18. The zero-order valence-corrected chi connectivity index (χ0v) is 11.9. The first kappa shape index (κ1) is 14.1. The second-order valence-electron chi connectivity index (χ2n) is 5.36. The lowest BCUT2D eigenvalue weighted by Crippen LogP contribution is -2.27. The SMILES string of the molecule is CSc1ccc(CNC(=O)CC(C)(C)C)cc1. The van der Waals surface area contributed by atoms with Crippen LogP contribution in [-0.2, 0) is 11.3 Å². The van der Waals surface area contributed by atoms with Crippen LogP contribution in [0.3, 0.4) is 0 Å². The summed E-state index contributed by atoms with van der Waals surface area (Å²) in [5, 5.41) is 2.95. The Morgan fingerprint density at radius 1 is 1.24 bits per heavy atom. The van der Waals surface area contributed by atoms with Crippen LogP contribution in [0.2, 0.25) is 0 Å². The predicted molar refractivity (Wildman–Crippen MR) is 74.1 cm³/mol. The summed E-state index contributed by atoms with van der Waals surface area (Å²) >= 11 is 1.72. The first-order valence-corrected chi connectivity index (χ1v) is 7.03. The van der Waals surface area contributed by atoms with Gasteiger partial charge in [0.05, 0.1) is 0 Å². The van der Waals surface area contributed by atoms with Crippen LogP contribution in [0, 0.1) is 5.41 Å². The summed E-state index contributed by atoms with van der Waals surface area (Å²) in [6.07, 6.45) is 2.62. The predicted octanol–water partition coefficient (Wildman–Crippen LogP) is 3.46. The Labute approximate surface area is 108 Å². The van der Waals surface area contributed by atoms with Gasteiger partial charge in [0.2, 0.25) is 5.91 Å². The van der Waals surface area contributed by atoms with Gasteiger partial charge in [0.1, 0.15) is 0 Å². The number of carbonyl (C=O) groups is 1. The van der Waals surface area contributed by atoms with Gasteiger partial charge in [0, 0.05) is 17.9 Å². The molecule has 0 atom stereocenters. The van der Waals surface area contributed by atoms with E-state index in [1.54, 1.807) is 11.8 Å². The van der Waals surface area contributed by atoms with Crippen molar-refractivity contribution in [3.8, 4) is 0 Å². The van der Waals surface area contributed by atoms with Gasteiger partial charge in [-0.3, -0.25) is 4.79 Å². The third-order valence-corrected chi connectivity index (χ3v) is 3.08. The van der Waals surface area contributed by atoms with Crippen molar-refractivity contribution in [1.29, 1.82) is 0 Å². The van der Waals surface area contributed by atoms with Crippen molar-refractivity contribution in [2.75, 3.05) is 6.26 Å². The number of benzene rings is 1. The highest BCUT2D eigenvalue weighted by atomic mass is 32.2. The maximum atomic E-state index is 11.6. The topological polar surface area (TPSA) is 29.1 Å². The summed E-state index contributed by atoms with van der Waals surface area (Å²) in [5.74, 6) is 0.117. The molecule has 0 bridgehead atoms. The Morgan fingerprint density at radius 3 is 2.29 bits per heavy atom. The van der Waals surface area contributed by atoms with Crippen molar-refractivity contribution in [1.82, 2.24) is 5.32 Å². The third-order valence-electron chi connectivity index (χ3n) is 2.34. The first-order valence-electron chi connectivity index (χ1n) is 5.80. The molecule has 0 unspecified atom stereocenters. The molecular formula is C14H21NOS. The number of nitrogens with one attached hydrogen (secondary N) is 1. The van der Waals surface area contributed by atoms with Crippen LogP contribution in [0.4, 0.5) is 0 Å². The molecule has 0 aliphatic carbocycles. The molecule has 1 aromatic carbocycles. The van der Waals surface area contributed by atoms with Crippen LogP contribution in [0.25, 0.3) is 0 Å². The van der Waals surface area contributed by atoms with E-state index in [-0.39, 0.29) is 11.3 Å². The number of hydrogen-bond acceptors (Lipinski definition) is 2. The van der Waals surface area contributed by atoms with E-state index in [0.717, 1.165) is 5.56 Å². The van der Waals surface area contributed by atoms with Crippen LogP contribution < -0.4 is 5.32 Å². The van der Waals surface area contributed by atoms with Gasteiger partial charge in [0.25, 0.3) is 0 Å². The smallest absolute Gasteiger partial charge is 0.220 e. The van der Waals surface area contributed by atoms with E-state index in [1.807, 2.05) is 0 Å². The molecule has 0 spiro atoms. The number of rotatable bonds is 4. The molecule has 17 heavy (non-hydrogen) atoms. The number of thioether (sulfide) groups is 1. The quantitative estimate of drug-likeness (QED) is 0.830. The maximum Gasteiger partial charge on any atom is 0.220 e. The molecule has 0 aromatic heterocycles. The zero-order valence-electron chi connectivity index (χ0n) is 11.0. The van der Waals surface area contributed by atoms with Gasteiger partial charge in [-0.25, -0.2) is 0 Å². The van der Waals surface area contributed by atoms with Crippen LogP contribution in [-0.4, -0.2) is 12.2 Å². The fourth-order valence-corrected chi connectivity index (χ4v) is 1.90. The molecule has 2 nitrogen and oxygen atoms in total. The van der Waals surface area contributed by atoms with E-state index in [9.17, 15) is 4.79 Å². The van der Waals surface area contributed by atoms with E-state index >= 15 is 0 Å². The largest absolute Gasteiger partial charge is 0.352 e. The molecule has 0 aliphatic heterocycles. The fraction of sp³-hybridized carbons (Fsp3) is 0.500. The summed E-state index contributed by atoms with van der Waals surface area (Å²) in [5.41, 5.74) is 1.19. The zero-order chi connectivity index (χ0) is 12.9. The second kappa shape index (κ2) is 6.10. The summed E-state index contributed by atoms with van der Waals surface area (Å²) in [6, 6.07) is 8.28. The monoisotopic (exact) mass is 251 g/mol. The van der Waals surface area contributed by atoms with Gasteiger partial charge < -0.3 is 5.32 Å². The van der Waals surface area contributed by atoms with E-state index in [0.29, 0.717) is 13.0 Å². The number of hydrogen-bond donors (Lipinski definition) is 1. The lowest BCUT2D eigenvalue weighted by Gasteiger charge is -2.17. The first-order chi connectivity index (χ1) is 7.90. The Morgan fingerprint density at radius 2 is 1.82 bits per heavy atom. The van der Waals surface area contributed by atoms with Crippen LogP contribution in [0.1, 0.15) is 32.8 Å². The lowest BCUT2D eigenvalue weighted by molar-refractivity contribution is -0.122. The average molecular weight is 251 g/mol. The Balaban J connectivity index is 2.42. The van der Waals surface area contributed by atoms with E-state index in [1.165, 1.54) is 4.90 Å². The van der Waals surface area contributed by atoms with Gasteiger partial charge in [-0.15, -0.1) is 11.8 Å². The Bertz CT molecular complexity index is 365. The summed E-state index contributed by atoms with van der Waals surface area (Å²) in [7, 11) is 0. The minimum atomic E-state index is 0.0484. The normalized spacial score (nSPS) is 11.3. The Kier molecular flexibility index (Phi) is 5.06.